The zero-order chi connectivity index (χ0) is 19.3. The molecule has 1 atom stereocenters. The standard InChI is InChI=1S/C21H23NO4S/c1-3-17-5-4-6-19(13-17)26-16-20-15-22(11-12-25-20)14-18-7-9-21(10-8-18)27(2,23)24/h1,4-10,13,20H,11-12,14-16H2,2H3. The van der Waals surface area contributed by atoms with E-state index in [1.807, 2.05) is 36.4 Å². The van der Waals surface area contributed by atoms with Gasteiger partial charge >= 0.3 is 0 Å². The minimum atomic E-state index is -3.16. The largest absolute Gasteiger partial charge is 0.491 e. The number of rotatable bonds is 6. The van der Waals surface area contributed by atoms with Crippen molar-refractivity contribution in [3.8, 4) is 18.1 Å². The number of nitrogens with zero attached hydrogens (tertiary/aromatic N) is 1. The van der Waals surface area contributed by atoms with Crippen molar-refractivity contribution in [3.05, 3.63) is 59.7 Å². The van der Waals surface area contributed by atoms with Gasteiger partial charge in [-0.2, -0.15) is 0 Å². The van der Waals surface area contributed by atoms with Crippen LogP contribution in [0.15, 0.2) is 53.4 Å². The number of benzene rings is 2. The summed E-state index contributed by atoms with van der Waals surface area (Å²) in [6, 6.07) is 14.5. The van der Waals surface area contributed by atoms with Crippen LogP contribution in [0.25, 0.3) is 0 Å². The fraction of sp³-hybridized carbons (Fsp3) is 0.333. The first kappa shape index (κ1) is 19.4. The maximum absolute atomic E-state index is 11.6. The van der Waals surface area contributed by atoms with Crippen molar-refractivity contribution in [2.24, 2.45) is 0 Å². The zero-order valence-electron chi connectivity index (χ0n) is 15.3. The van der Waals surface area contributed by atoms with E-state index in [1.54, 1.807) is 12.1 Å². The maximum Gasteiger partial charge on any atom is 0.175 e. The molecule has 0 spiro atoms. The first-order valence-electron chi connectivity index (χ1n) is 8.76. The summed E-state index contributed by atoms with van der Waals surface area (Å²) >= 11 is 0. The Kier molecular flexibility index (Phi) is 6.17. The Labute approximate surface area is 160 Å². The fourth-order valence-electron chi connectivity index (χ4n) is 2.99. The Morgan fingerprint density at radius 3 is 2.74 bits per heavy atom. The average molecular weight is 385 g/mol. The van der Waals surface area contributed by atoms with Crippen LogP contribution in [-0.4, -0.2) is 52.0 Å². The third-order valence-electron chi connectivity index (χ3n) is 4.42. The van der Waals surface area contributed by atoms with Crippen LogP contribution < -0.4 is 4.74 Å². The Balaban J connectivity index is 1.54. The van der Waals surface area contributed by atoms with Crippen LogP contribution in [0.2, 0.25) is 0 Å². The van der Waals surface area contributed by atoms with E-state index in [-0.39, 0.29) is 6.10 Å². The van der Waals surface area contributed by atoms with Crippen molar-refractivity contribution in [3.63, 3.8) is 0 Å². The molecule has 5 nitrogen and oxygen atoms in total. The van der Waals surface area contributed by atoms with Gasteiger partial charge in [-0.15, -0.1) is 6.42 Å². The second kappa shape index (κ2) is 8.57. The number of sulfone groups is 1. The van der Waals surface area contributed by atoms with Gasteiger partial charge in [0.15, 0.2) is 9.84 Å². The van der Waals surface area contributed by atoms with Crippen molar-refractivity contribution in [1.82, 2.24) is 4.90 Å². The minimum absolute atomic E-state index is 0.0245. The Morgan fingerprint density at radius 2 is 2.04 bits per heavy atom. The Hall–Kier alpha value is -2.33. The molecule has 1 saturated heterocycles. The molecule has 2 aromatic carbocycles. The number of hydrogen-bond donors (Lipinski definition) is 0. The summed E-state index contributed by atoms with van der Waals surface area (Å²) in [5.74, 6) is 3.33. The smallest absolute Gasteiger partial charge is 0.175 e. The molecular weight excluding hydrogens is 362 g/mol. The monoisotopic (exact) mass is 385 g/mol. The van der Waals surface area contributed by atoms with E-state index >= 15 is 0 Å². The normalized spacial score (nSPS) is 18.0. The van der Waals surface area contributed by atoms with Gasteiger partial charge in [0, 0.05) is 31.5 Å². The lowest BCUT2D eigenvalue weighted by atomic mass is 10.2. The van der Waals surface area contributed by atoms with E-state index in [4.69, 9.17) is 15.9 Å². The van der Waals surface area contributed by atoms with Gasteiger partial charge in [-0.3, -0.25) is 4.90 Å². The number of morpholine rings is 1. The lowest BCUT2D eigenvalue weighted by molar-refractivity contribution is -0.0504. The first-order valence-corrected chi connectivity index (χ1v) is 10.7. The summed E-state index contributed by atoms with van der Waals surface area (Å²) in [4.78, 5) is 2.62. The van der Waals surface area contributed by atoms with Crippen LogP contribution in [0.1, 0.15) is 11.1 Å². The van der Waals surface area contributed by atoms with E-state index in [9.17, 15) is 8.42 Å². The number of hydrogen-bond acceptors (Lipinski definition) is 5. The quantitative estimate of drug-likeness (QED) is 0.715. The third-order valence-corrected chi connectivity index (χ3v) is 5.55. The van der Waals surface area contributed by atoms with Gasteiger partial charge in [-0.1, -0.05) is 24.1 Å². The SMILES string of the molecule is C#Cc1cccc(OCC2CN(Cc3ccc(S(C)(=O)=O)cc3)CCO2)c1. The molecule has 142 valence electrons. The van der Waals surface area contributed by atoms with Crippen molar-refractivity contribution in [2.45, 2.75) is 17.5 Å². The molecule has 0 amide bonds. The summed E-state index contributed by atoms with van der Waals surface area (Å²) in [6.07, 6.45) is 6.60. The average Bonchev–Trinajstić information content (AvgIpc) is 2.66. The van der Waals surface area contributed by atoms with Crippen LogP contribution in [0.3, 0.4) is 0 Å². The van der Waals surface area contributed by atoms with Crippen LogP contribution in [0.5, 0.6) is 5.75 Å². The molecule has 6 heteroatoms. The predicted octanol–water partition coefficient (Wildman–Crippen LogP) is 2.35. The molecule has 1 heterocycles. The second-order valence-corrected chi connectivity index (χ2v) is 8.64. The van der Waals surface area contributed by atoms with Gasteiger partial charge in [0.1, 0.15) is 18.5 Å². The van der Waals surface area contributed by atoms with Gasteiger partial charge in [0.05, 0.1) is 11.5 Å². The summed E-state index contributed by atoms with van der Waals surface area (Å²) < 4.78 is 34.7. The van der Waals surface area contributed by atoms with Crippen LogP contribution >= 0.6 is 0 Å². The van der Waals surface area contributed by atoms with Gasteiger partial charge in [0.25, 0.3) is 0 Å². The fourth-order valence-corrected chi connectivity index (χ4v) is 3.62. The Bertz CT molecular complexity index is 916. The van der Waals surface area contributed by atoms with Crippen molar-refractivity contribution < 1.29 is 17.9 Å². The van der Waals surface area contributed by atoms with Crippen LogP contribution in [0, 0.1) is 12.3 Å². The summed E-state index contributed by atoms with van der Waals surface area (Å²) in [5, 5.41) is 0. The molecule has 0 radical (unpaired) electrons. The lowest BCUT2D eigenvalue weighted by Gasteiger charge is -2.32. The number of ether oxygens (including phenoxy) is 2. The van der Waals surface area contributed by atoms with E-state index < -0.39 is 9.84 Å². The predicted molar refractivity (Wildman–Crippen MR) is 104 cm³/mol. The van der Waals surface area contributed by atoms with Crippen LogP contribution in [0.4, 0.5) is 0 Å². The highest BCUT2D eigenvalue weighted by molar-refractivity contribution is 7.90. The maximum atomic E-state index is 11.6. The molecule has 0 saturated carbocycles. The number of terminal acetylenes is 1. The van der Waals surface area contributed by atoms with E-state index in [2.05, 4.69) is 10.8 Å². The zero-order valence-corrected chi connectivity index (χ0v) is 16.1. The second-order valence-electron chi connectivity index (χ2n) is 6.63. The topological polar surface area (TPSA) is 55.8 Å². The van der Waals surface area contributed by atoms with E-state index in [1.165, 1.54) is 6.26 Å². The molecule has 1 aliphatic heterocycles. The molecular formula is C21H23NO4S. The molecule has 3 rings (SSSR count). The van der Waals surface area contributed by atoms with Crippen LogP contribution in [-0.2, 0) is 21.1 Å². The molecule has 27 heavy (non-hydrogen) atoms. The van der Waals surface area contributed by atoms with Gasteiger partial charge < -0.3 is 9.47 Å². The lowest BCUT2D eigenvalue weighted by Crippen LogP contribution is -2.44. The van der Waals surface area contributed by atoms with Crippen molar-refractivity contribution in [1.29, 1.82) is 0 Å². The molecule has 2 aromatic rings. The van der Waals surface area contributed by atoms with E-state index in [0.717, 1.165) is 36.5 Å². The van der Waals surface area contributed by atoms with E-state index in [0.29, 0.717) is 18.1 Å². The highest BCUT2D eigenvalue weighted by Crippen LogP contribution is 2.16. The van der Waals surface area contributed by atoms with Gasteiger partial charge in [-0.05, 0) is 35.9 Å². The molecule has 0 N–H and O–H groups in total. The third kappa shape index (κ3) is 5.57. The molecule has 1 aliphatic rings. The first-order chi connectivity index (χ1) is 12.9. The summed E-state index contributed by atoms with van der Waals surface area (Å²) in [5.41, 5.74) is 1.86. The van der Waals surface area contributed by atoms with Gasteiger partial charge in [0.2, 0.25) is 0 Å². The molecule has 1 unspecified atom stereocenters. The Morgan fingerprint density at radius 1 is 1.26 bits per heavy atom. The van der Waals surface area contributed by atoms with Gasteiger partial charge in [-0.25, -0.2) is 8.42 Å². The highest BCUT2D eigenvalue weighted by Gasteiger charge is 2.21. The molecule has 0 aromatic heterocycles. The summed E-state index contributed by atoms with van der Waals surface area (Å²) in [7, 11) is -3.16. The van der Waals surface area contributed by atoms with Crippen molar-refractivity contribution >= 4 is 9.84 Å². The van der Waals surface area contributed by atoms with Crippen molar-refractivity contribution in [2.75, 3.05) is 32.6 Å². The molecule has 1 fully saturated rings. The highest BCUT2D eigenvalue weighted by atomic mass is 32.2. The molecule has 0 aliphatic carbocycles. The summed E-state index contributed by atoms with van der Waals surface area (Å²) in [6.45, 7) is 3.42. The molecule has 0 bridgehead atoms. The minimum Gasteiger partial charge on any atom is -0.491 e.